The zero-order chi connectivity index (χ0) is 16.1. The van der Waals surface area contributed by atoms with Crippen molar-refractivity contribution in [3.63, 3.8) is 0 Å². The highest BCUT2D eigenvalue weighted by Gasteiger charge is 2.11. The molecule has 0 aliphatic heterocycles. The van der Waals surface area contributed by atoms with Crippen LogP contribution >= 0.6 is 0 Å². The van der Waals surface area contributed by atoms with Crippen LogP contribution in [0.25, 0.3) is 0 Å². The normalized spacial score (nSPS) is 10.0. The first-order valence-corrected chi connectivity index (χ1v) is 6.57. The minimum atomic E-state index is -0.293. The summed E-state index contributed by atoms with van der Waals surface area (Å²) in [7, 11) is 6.75. The van der Waals surface area contributed by atoms with E-state index in [1.165, 1.54) is 14.2 Å². The van der Waals surface area contributed by atoms with Gasteiger partial charge >= 0.3 is 0 Å². The predicted octanol–water partition coefficient (Wildman–Crippen LogP) is 1.81. The molecule has 0 fully saturated rings. The number of hydrogen-bond donors (Lipinski definition) is 1. The molecule has 0 aliphatic carbocycles. The molecular weight excluding hydrogens is 284 g/mol. The Kier molecular flexibility index (Phi) is 4.77. The minimum absolute atomic E-state index is 0.293. The van der Waals surface area contributed by atoms with Gasteiger partial charge in [0.2, 0.25) is 5.95 Å². The maximum Gasteiger partial charge on any atom is 0.256 e. The summed E-state index contributed by atoms with van der Waals surface area (Å²) in [4.78, 5) is 22.3. The summed E-state index contributed by atoms with van der Waals surface area (Å²) in [5.74, 6) is 1.37. The number of hydrogen-bond acceptors (Lipinski definition) is 6. The van der Waals surface area contributed by atoms with E-state index < -0.39 is 0 Å². The lowest BCUT2D eigenvalue weighted by Gasteiger charge is -2.11. The number of nitrogens with one attached hydrogen (secondary N) is 1. The molecule has 22 heavy (non-hydrogen) atoms. The van der Waals surface area contributed by atoms with Crippen LogP contribution in [0, 0.1) is 0 Å². The monoisotopic (exact) mass is 302 g/mol. The molecule has 0 spiro atoms. The first kappa shape index (κ1) is 15.6. The molecule has 2 rings (SSSR count). The van der Waals surface area contributed by atoms with E-state index >= 15 is 0 Å². The molecule has 7 nitrogen and oxygen atoms in total. The van der Waals surface area contributed by atoms with Gasteiger partial charge in [0.15, 0.2) is 0 Å². The van der Waals surface area contributed by atoms with E-state index in [9.17, 15) is 4.79 Å². The van der Waals surface area contributed by atoms with Crippen molar-refractivity contribution in [2.24, 2.45) is 0 Å². The van der Waals surface area contributed by atoms with Crippen molar-refractivity contribution in [2.75, 3.05) is 38.5 Å². The van der Waals surface area contributed by atoms with Crippen molar-refractivity contribution in [1.82, 2.24) is 9.97 Å². The number of rotatable bonds is 5. The van der Waals surface area contributed by atoms with Crippen LogP contribution in [0.4, 0.5) is 11.6 Å². The van der Waals surface area contributed by atoms with E-state index in [0.29, 0.717) is 28.7 Å². The quantitative estimate of drug-likeness (QED) is 0.907. The molecule has 1 N–H and O–H groups in total. The Balaban J connectivity index is 2.18. The molecule has 0 saturated carbocycles. The van der Waals surface area contributed by atoms with Crippen LogP contribution in [0.15, 0.2) is 30.6 Å². The lowest BCUT2D eigenvalue weighted by molar-refractivity contribution is 0.102. The van der Waals surface area contributed by atoms with Crippen molar-refractivity contribution in [1.29, 1.82) is 0 Å². The predicted molar refractivity (Wildman–Crippen MR) is 83.9 cm³/mol. The zero-order valence-corrected chi connectivity index (χ0v) is 13.0. The van der Waals surface area contributed by atoms with Crippen molar-refractivity contribution in [3.8, 4) is 11.5 Å². The average molecular weight is 302 g/mol. The maximum absolute atomic E-state index is 12.3. The smallest absolute Gasteiger partial charge is 0.256 e. The topological polar surface area (TPSA) is 76.6 Å². The fourth-order valence-corrected chi connectivity index (χ4v) is 1.76. The van der Waals surface area contributed by atoms with Gasteiger partial charge in [-0.3, -0.25) is 4.79 Å². The summed E-state index contributed by atoms with van der Waals surface area (Å²) >= 11 is 0. The van der Waals surface area contributed by atoms with Crippen molar-refractivity contribution in [2.45, 2.75) is 0 Å². The van der Waals surface area contributed by atoms with Gasteiger partial charge in [-0.25, -0.2) is 9.97 Å². The fourth-order valence-electron chi connectivity index (χ4n) is 1.76. The first-order valence-electron chi connectivity index (χ1n) is 6.57. The van der Waals surface area contributed by atoms with Crippen LogP contribution in [-0.4, -0.2) is 44.2 Å². The lowest BCUT2D eigenvalue weighted by atomic mass is 10.2. The molecule has 0 atom stereocenters. The van der Waals surface area contributed by atoms with Crippen LogP contribution in [-0.2, 0) is 0 Å². The Labute approximate surface area is 128 Å². The van der Waals surface area contributed by atoms with Crippen molar-refractivity contribution < 1.29 is 14.3 Å². The summed E-state index contributed by atoms with van der Waals surface area (Å²) in [5.41, 5.74) is 0.935. The molecule has 1 aromatic carbocycles. The van der Waals surface area contributed by atoms with Gasteiger partial charge in [-0.05, 0) is 12.1 Å². The van der Waals surface area contributed by atoms with Gasteiger partial charge in [0.1, 0.15) is 11.5 Å². The first-order chi connectivity index (χ1) is 10.5. The van der Waals surface area contributed by atoms with Gasteiger partial charge in [-0.2, -0.15) is 0 Å². The number of carbonyl (C=O) groups is 1. The average Bonchev–Trinajstić information content (AvgIpc) is 2.54. The van der Waals surface area contributed by atoms with Crippen LogP contribution in [0.1, 0.15) is 10.4 Å². The van der Waals surface area contributed by atoms with Gasteiger partial charge in [0.05, 0.1) is 32.3 Å². The van der Waals surface area contributed by atoms with E-state index in [1.807, 2.05) is 14.1 Å². The van der Waals surface area contributed by atoms with Crippen molar-refractivity contribution >= 4 is 17.5 Å². The molecule has 1 heterocycles. The van der Waals surface area contributed by atoms with E-state index in [4.69, 9.17) is 9.47 Å². The van der Waals surface area contributed by atoms with Gasteiger partial charge in [-0.1, -0.05) is 0 Å². The summed E-state index contributed by atoms with van der Waals surface area (Å²) in [6.07, 6.45) is 3.11. The third-order valence-corrected chi connectivity index (χ3v) is 2.91. The van der Waals surface area contributed by atoms with E-state index in [1.54, 1.807) is 35.5 Å². The molecule has 1 amide bonds. The zero-order valence-electron chi connectivity index (χ0n) is 13.0. The molecular formula is C15H18N4O3. The van der Waals surface area contributed by atoms with Crippen LogP contribution in [0.2, 0.25) is 0 Å². The molecule has 0 aliphatic rings. The molecule has 0 unspecified atom stereocenters. The third kappa shape index (κ3) is 3.63. The minimum Gasteiger partial charge on any atom is -0.497 e. The number of benzene rings is 1. The Morgan fingerprint density at radius 3 is 2.05 bits per heavy atom. The number of carbonyl (C=O) groups excluding carboxylic acids is 1. The molecule has 0 radical (unpaired) electrons. The fraction of sp³-hybridized carbons (Fsp3) is 0.267. The van der Waals surface area contributed by atoms with Crippen LogP contribution in [0.5, 0.6) is 11.5 Å². The van der Waals surface area contributed by atoms with E-state index in [-0.39, 0.29) is 5.91 Å². The summed E-state index contributed by atoms with van der Waals surface area (Å²) < 4.78 is 10.3. The molecule has 0 saturated heterocycles. The summed E-state index contributed by atoms with van der Waals surface area (Å²) in [6, 6.07) is 4.96. The second-order valence-electron chi connectivity index (χ2n) is 4.72. The van der Waals surface area contributed by atoms with Crippen LogP contribution < -0.4 is 19.7 Å². The molecule has 116 valence electrons. The largest absolute Gasteiger partial charge is 0.497 e. The number of methoxy groups -OCH3 is 2. The highest BCUT2D eigenvalue weighted by Crippen LogP contribution is 2.23. The summed E-state index contributed by atoms with van der Waals surface area (Å²) in [5, 5.41) is 2.73. The Bertz CT molecular complexity index is 634. The Morgan fingerprint density at radius 2 is 1.59 bits per heavy atom. The van der Waals surface area contributed by atoms with Gasteiger partial charge in [0.25, 0.3) is 5.91 Å². The Morgan fingerprint density at radius 1 is 1.05 bits per heavy atom. The maximum atomic E-state index is 12.3. The van der Waals surface area contributed by atoms with Gasteiger partial charge in [-0.15, -0.1) is 0 Å². The second-order valence-corrected chi connectivity index (χ2v) is 4.72. The van der Waals surface area contributed by atoms with Gasteiger partial charge in [0, 0.05) is 25.7 Å². The number of nitrogens with zero attached hydrogens (tertiary/aromatic N) is 3. The number of anilines is 2. The highest BCUT2D eigenvalue weighted by atomic mass is 16.5. The van der Waals surface area contributed by atoms with Crippen LogP contribution in [0.3, 0.4) is 0 Å². The number of amides is 1. The lowest BCUT2D eigenvalue weighted by Crippen LogP contribution is -2.15. The van der Waals surface area contributed by atoms with E-state index in [0.717, 1.165) is 0 Å². The molecule has 7 heteroatoms. The third-order valence-electron chi connectivity index (χ3n) is 2.91. The number of aromatic nitrogens is 2. The van der Waals surface area contributed by atoms with Gasteiger partial charge < -0.3 is 19.7 Å². The molecule has 2 aromatic rings. The molecule has 0 bridgehead atoms. The van der Waals surface area contributed by atoms with E-state index in [2.05, 4.69) is 15.3 Å². The standard InChI is InChI=1S/C15H18N4O3/c1-19(2)15-16-8-11(9-17-15)18-14(20)10-5-12(21-3)7-13(6-10)22-4/h5-9H,1-4H3,(H,18,20). The highest BCUT2D eigenvalue weighted by molar-refractivity contribution is 6.04. The SMILES string of the molecule is COc1cc(OC)cc(C(=O)Nc2cnc(N(C)C)nc2)c1. The summed E-state index contributed by atoms with van der Waals surface area (Å²) in [6.45, 7) is 0. The van der Waals surface area contributed by atoms with Crippen molar-refractivity contribution in [3.05, 3.63) is 36.2 Å². The number of ether oxygens (including phenoxy) is 2. The Hall–Kier alpha value is -2.83. The molecule has 1 aromatic heterocycles. The second kappa shape index (κ2) is 6.75.